The first-order valence-corrected chi connectivity index (χ1v) is 9.98. The van der Waals surface area contributed by atoms with Crippen LogP contribution in [0.5, 0.6) is 0 Å². The second-order valence-electron chi connectivity index (χ2n) is 7.63. The maximum atomic E-state index is 12.6. The van der Waals surface area contributed by atoms with Gasteiger partial charge in [-0.3, -0.25) is 14.5 Å². The highest BCUT2D eigenvalue weighted by Gasteiger charge is 2.45. The van der Waals surface area contributed by atoms with Crippen LogP contribution in [0.15, 0.2) is 36.5 Å². The SMILES string of the molecule is COC1CCN(C(=O)c2ccc(Nc3nccc(N4CC[C@](N)(C#N)C4=O)n3)cc2)C1. The second-order valence-corrected chi connectivity index (χ2v) is 7.63. The highest BCUT2D eigenvalue weighted by Crippen LogP contribution is 2.26. The predicted octanol–water partition coefficient (Wildman–Crippen LogP) is 1.04. The number of nitrogens with two attached hydrogens (primary N) is 1. The first kappa shape index (κ1) is 20.7. The molecule has 0 aliphatic carbocycles. The molecule has 2 aliphatic heterocycles. The average Bonchev–Trinajstić information content (AvgIpc) is 3.39. The largest absolute Gasteiger partial charge is 0.380 e. The minimum atomic E-state index is -1.51. The molecule has 4 rings (SSSR count). The minimum Gasteiger partial charge on any atom is -0.380 e. The quantitative estimate of drug-likeness (QED) is 0.730. The first-order valence-electron chi connectivity index (χ1n) is 9.98. The lowest BCUT2D eigenvalue weighted by molar-refractivity contribution is -0.119. The Morgan fingerprint density at radius 3 is 2.74 bits per heavy atom. The maximum Gasteiger partial charge on any atom is 0.263 e. The van der Waals surface area contributed by atoms with E-state index in [0.717, 1.165) is 6.42 Å². The summed E-state index contributed by atoms with van der Waals surface area (Å²) in [5.74, 6) is 0.164. The summed E-state index contributed by atoms with van der Waals surface area (Å²) in [5, 5.41) is 12.2. The summed E-state index contributed by atoms with van der Waals surface area (Å²) in [7, 11) is 1.66. The number of likely N-dealkylation sites (tertiary alicyclic amines) is 1. The molecule has 10 nitrogen and oxygen atoms in total. The molecular weight excluding hydrogens is 398 g/mol. The normalized spacial score (nSPS) is 23.1. The van der Waals surface area contributed by atoms with E-state index in [1.54, 1.807) is 42.3 Å². The molecule has 3 N–H and O–H groups in total. The van der Waals surface area contributed by atoms with Crippen LogP contribution in [0.3, 0.4) is 0 Å². The van der Waals surface area contributed by atoms with Crippen LogP contribution in [0.4, 0.5) is 17.5 Å². The number of amides is 2. The zero-order valence-corrected chi connectivity index (χ0v) is 17.1. The van der Waals surface area contributed by atoms with Crippen molar-refractivity contribution in [3.63, 3.8) is 0 Å². The van der Waals surface area contributed by atoms with E-state index in [0.29, 0.717) is 42.7 Å². The van der Waals surface area contributed by atoms with E-state index in [9.17, 15) is 9.59 Å². The molecule has 2 atom stereocenters. The Bertz CT molecular complexity index is 1040. The van der Waals surface area contributed by atoms with E-state index >= 15 is 0 Å². The fourth-order valence-electron chi connectivity index (χ4n) is 3.73. The number of benzene rings is 1. The number of methoxy groups -OCH3 is 1. The van der Waals surface area contributed by atoms with Gasteiger partial charge in [0.25, 0.3) is 11.8 Å². The highest BCUT2D eigenvalue weighted by molar-refractivity contribution is 6.04. The van der Waals surface area contributed by atoms with Gasteiger partial charge in [-0.2, -0.15) is 10.2 Å². The van der Waals surface area contributed by atoms with E-state index in [2.05, 4.69) is 15.3 Å². The van der Waals surface area contributed by atoms with Gasteiger partial charge in [-0.1, -0.05) is 0 Å². The van der Waals surface area contributed by atoms with Gasteiger partial charge >= 0.3 is 0 Å². The number of nitrogens with zero attached hydrogens (tertiary/aromatic N) is 5. The number of hydrogen-bond acceptors (Lipinski definition) is 8. The molecule has 2 aromatic rings. The fourth-order valence-corrected chi connectivity index (χ4v) is 3.73. The van der Waals surface area contributed by atoms with Gasteiger partial charge in [-0.05, 0) is 36.8 Å². The molecule has 3 heterocycles. The number of hydrogen-bond donors (Lipinski definition) is 2. The van der Waals surface area contributed by atoms with Crippen LogP contribution in [-0.2, 0) is 9.53 Å². The Kier molecular flexibility index (Phi) is 5.54. The van der Waals surface area contributed by atoms with Gasteiger partial charge in [-0.25, -0.2) is 4.98 Å². The van der Waals surface area contributed by atoms with Gasteiger partial charge in [0.15, 0.2) is 5.54 Å². The Labute approximate surface area is 179 Å². The van der Waals surface area contributed by atoms with Crippen molar-refractivity contribution in [1.82, 2.24) is 14.9 Å². The van der Waals surface area contributed by atoms with Crippen molar-refractivity contribution in [2.75, 3.05) is 37.0 Å². The molecule has 1 aromatic carbocycles. The average molecular weight is 421 g/mol. The minimum absolute atomic E-state index is 0.0281. The first-order chi connectivity index (χ1) is 14.9. The third-order valence-electron chi connectivity index (χ3n) is 5.63. The van der Waals surface area contributed by atoms with Crippen LogP contribution in [0, 0.1) is 11.3 Å². The monoisotopic (exact) mass is 421 g/mol. The van der Waals surface area contributed by atoms with Crippen LogP contribution in [0.25, 0.3) is 0 Å². The predicted molar refractivity (Wildman–Crippen MR) is 113 cm³/mol. The Hall–Kier alpha value is -3.55. The maximum absolute atomic E-state index is 12.6. The molecule has 2 saturated heterocycles. The zero-order chi connectivity index (χ0) is 22.0. The Balaban J connectivity index is 1.43. The van der Waals surface area contributed by atoms with Gasteiger partial charge in [0.2, 0.25) is 5.95 Å². The van der Waals surface area contributed by atoms with Crippen molar-refractivity contribution in [3.05, 3.63) is 42.1 Å². The molecular formula is C21H23N7O3. The van der Waals surface area contributed by atoms with E-state index < -0.39 is 11.4 Å². The van der Waals surface area contributed by atoms with E-state index in [1.165, 1.54) is 11.1 Å². The van der Waals surface area contributed by atoms with Crippen molar-refractivity contribution < 1.29 is 14.3 Å². The molecule has 31 heavy (non-hydrogen) atoms. The summed E-state index contributed by atoms with van der Waals surface area (Å²) >= 11 is 0. The lowest BCUT2D eigenvalue weighted by Gasteiger charge is -2.18. The molecule has 2 aliphatic rings. The molecule has 0 radical (unpaired) electrons. The van der Waals surface area contributed by atoms with Gasteiger partial charge in [0.05, 0.1) is 12.2 Å². The number of nitriles is 1. The van der Waals surface area contributed by atoms with Crippen LogP contribution in [-0.4, -0.2) is 65.1 Å². The fraction of sp³-hybridized carbons (Fsp3) is 0.381. The molecule has 160 valence electrons. The topological polar surface area (TPSA) is 137 Å². The lowest BCUT2D eigenvalue weighted by atomic mass is 10.0. The second kappa shape index (κ2) is 8.29. The molecule has 0 saturated carbocycles. The van der Waals surface area contributed by atoms with Gasteiger partial charge in [-0.15, -0.1) is 0 Å². The standard InChI is InChI=1S/C21H23N7O3/c1-31-16-7-10-27(12-16)18(29)14-2-4-15(5-3-14)25-20-24-9-6-17(26-20)28-11-8-21(23,13-22)19(28)30/h2-6,9,16H,7-8,10-12,23H2,1H3,(H,24,25,26)/t16?,21-/m0/s1. The zero-order valence-electron chi connectivity index (χ0n) is 17.1. The Morgan fingerprint density at radius 1 is 1.32 bits per heavy atom. The molecule has 2 fully saturated rings. The summed E-state index contributed by atoms with van der Waals surface area (Å²) in [6, 6.07) is 10.5. The smallest absolute Gasteiger partial charge is 0.263 e. The van der Waals surface area contributed by atoms with E-state index in [1.807, 2.05) is 6.07 Å². The summed E-state index contributed by atoms with van der Waals surface area (Å²) in [4.78, 5) is 36.8. The van der Waals surface area contributed by atoms with E-state index in [4.69, 9.17) is 15.7 Å². The molecule has 0 spiro atoms. The van der Waals surface area contributed by atoms with Crippen molar-refractivity contribution in [3.8, 4) is 6.07 Å². The molecule has 10 heteroatoms. The summed E-state index contributed by atoms with van der Waals surface area (Å²) < 4.78 is 5.32. The number of rotatable bonds is 5. The molecule has 1 unspecified atom stereocenters. The number of carbonyl (C=O) groups is 2. The summed E-state index contributed by atoms with van der Waals surface area (Å²) in [6.07, 6.45) is 2.70. The molecule has 1 aromatic heterocycles. The van der Waals surface area contributed by atoms with Crippen LogP contribution in [0.2, 0.25) is 0 Å². The van der Waals surface area contributed by atoms with Crippen LogP contribution in [0.1, 0.15) is 23.2 Å². The number of aromatic nitrogens is 2. The van der Waals surface area contributed by atoms with Crippen molar-refractivity contribution >= 4 is 29.3 Å². The third-order valence-corrected chi connectivity index (χ3v) is 5.63. The van der Waals surface area contributed by atoms with Crippen molar-refractivity contribution in [1.29, 1.82) is 5.26 Å². The number of nitrogens with one attached hydrogen (secondary N) is 1. The molecule has 2 amide bonds. The summed E-state index contributed by atoms with van der Waals surface area (Å²) in [5.41, 5.74) is 5.62. The number of carbonyl (C=O) groups excluding carboxylic acids is 2. The van der Waals surface area contributed by atoms with Gasteiger partial charge in [0.1, 0.15) is 5.82 Å². The van der Waals surface area contributed by atoms with Gasteiger partial charge < -0.3 is 20.7 Å². The third kappa shape index (κ3) is 4.05. The van der Waals surface area contributed by atoms with Crippen LogP contribution >= 0.6 is 0 Å². The van der Waals surface area contributed by atoms with Gasteiger partial charge in [0, 0.05) is 50.6 Å². The highest BCUT2D eigenvalue weighted by atomic mass is 16.5. The van der Waals surface area contributed by atoms with Crippen LogP contribution < -0.4 is 16.0 Å². The van der Waals surface area contributed by atoms with Crippen molar-refractivity contribution in [2.45, 2.75) is 24.5 Å². The van der Waals surface area contributed by atoms with E-state index in [-0.39, 0.29) is 18.4 Å². The number of ether oxygens (including phenoxy) is 1. The summed E-state index contributed by atoms with van der Waals surface area (Å²) in [6.45, 7) is 1.60. The Morgan fingerprint density at radius 2 is 2.10 bits per heavy atom. The van der Waals surface area contributed by atoms with Crippen molar-refractivity contribution in [2.24, 2.45) is 5.73 Å². The molecule has 0 bridgehead atoms. The lowest BCUT2D eigenvalue weighted by Crippen LogP contribution is -2.46. The number of anilines is 3.